The first-order valence-corrected chi connectivity index (χ1v) is 10.5. The van der Waals surface area contributed by atoms with Crippen LogP contribution >= 0.6 is 12.6 Å². The third-order valence-corrected chi connectivity index (χ3v) is 4.72. The van der Waals surface area contributed by atoms with Gasteiger partial charge in [0.25, 0.3) is 0 Å². The van der Waals surface area contributed by atoms with Crippen LogP contribution in [0.15, 0.2) is 0 Å². The minimum Gasteiger partial charge on any atom is -0.481 e. The number of nitrogens with one attached hydrogen (secondary N) is 3. The molecule has 0 aromatic heterocycles. The number of aliphatic carboxylic acids is 2. The Morgan fingerprint density at radius 1 is 0.903 bits per heavy atom. The Morgan fingerprint density at radius 2 is 1.45 bits per heavy atom. The van der Waals surface area contributed by atoms with Gasteiger partial charge in [-0.1, -0.05) is 13.8 Å². The van der Waals surface area contributed by atoms with E-state index in [1.807, 2.05) is 0 Å². The number of nitrogens with two attached hydrogens (primary N) is 2. The van der Waals surface area contributed by atoms with Crippen molar-refractivity contribution in [2.75, 3.05) is 12.3 Å². The lowest BCUT2D eigenvalue weighted by molar-refractivity contribution is -0.143. The predicted octanol–water partition coefficient (Wildman–Crippen LogP) is -1.96. The van der Waals surface area contributed by atoms with Gasteiger partial charge in [0.15, 0.2) is 0 Å². The minimum absolute atomic E-state index is 0.141. The van der Waals surface area contributed by atoms with E-state index in [4.69, 9.17) is 16.6 Å². The molecule has 4 atom stereocenters. The van der Waals surface area contributed by atoms with Crippen molar-refractivity contribution in [1.29, 1.82) is 0 Å². The molecule has 0 aromatic carbocycles. The van der Waals surface area contributed by atoms with Crippen LogP contribution in [0.1, 0.15) is 39.5 Å². The predicted molar refractivity (Wildman–Crippen MR) is 115 cm³/mol. The minimum atomic E-state index is -1.36. The molecule has 4 unspecified atom stereocenters. The normalized spacial score (nSPS) is 14.8. The highest BCUT2D eigenvalue weighted by Crippen LogP contribution is 2.06. The molecule has 0 aliphatic rings. The standard InChI is InChI=1S/C18H33N5O7S/c1-9(2)14(18(29)30)23-16(27)11(5-3-4-6-19)21-17(28)12(8-31)22-15(26)10(20)7-13(24)25/h9-12,14,31H,3-8,19-20H2,1-2H3,(H,21,28)(H,22,26)(H,23,27)(H,24,25)(H,29,30). The van der Waals surface area contributed by atoms with Gasteiger partial charge in [0.05, 0.1) is 12.5 Å². The van der Waals surface area contributed by atoms with Crippen LogP contribution in [0.4, 0.5) is 0 Å². The van der Waals surface area contributed by atoms with Crippen molar-refractivity contribution in [3.63, 3.8) is 0 Å². The molecule has 12 nitrogen and oxygen atoms in total. The van der Waals surface area contributed by atoms with E-state index >= 15 is 0 Å². The van der Waals surface area contributed by atoms with Crippen LogP contribution < -0.4 is 27.4 Å². The van der Waals surface area contributed by atoms with E-state index in [2.05, 4.69) is 28.6 Å². The van der Waals surface area contributed by atoms with Gasteiger partial charge in [-0.2, -0.15) is 12.6 Å². The Labute approximate surface area is 186 Å². The highest BCUT2D eigenvalue weighted by Gasteiger charge is 2.30. The molecule has 0 aromatic rings. The zero-order valence-corrected chi connectivity index (χ0v) is 18.6. The number of carbonyl (C=O) groups excluding carboxylic acids is 3. The molecule has 0 aliphatic carbocycles. The molecule has 0 fully saturated rings. The van der Waals surface area contributed by atoms with Gasteiger partial charge in [-0.05, 0) is 31.7 Å². The highest BCUT2D eigenvalue weighted by atomic mass is 32.1. The molecule has 0 saturated heterocycles. The highest BCUT2D eigenvalue weighted by molar-refractivity contribution is 7.80. The largest absolute Gasteiger partial charge is 0.481 e. The number of carboxylic acids is 2. The number of unbranched alkanes of at least 4 members (excludes halogenated alkanes) is 1. The Hall–Kier alpha value is -2.38. The van der Waals surface area contributed by atoms with E-state index in [-0.39, 0.29) is 18.1 Å². The molecule has 0 spiro atoms. The topological polar surface area (TPSA) is 214 Å². The number of hydrogen-bond donors (Lipinski definition) is 8. The average Bonchev–Trinajstić information content (AvgIpc) is 2.67. The molecule has 13 heteroatoms. The lowest BCUT2D eigenvalue weighted by Gasteiger charge is -2.25. The van der Waals surface area contributed by atoms with Crippen LogP contribution in [0.3, 0.4) is 0 Å². The van der Waals surface area contributed by atoms with Gasteiger partial charge < -0.3 is 37.6 Å². The van der Waals surface area contributed by atoms with Gasteiger partial charge in [0.1, 0.15) is 18.1 Å². The maximum Gasteiger partial charge on any atom is 0.326 e. The van der Waals surface area contributed by atoms with Crippen molar-refractivity contribution in [3.8, 4) is 0 Å². The van der Waals surface area contributed by atoms with Crippen molar-refractivity contribution < 1.29 is 34.2 Å². The third-order valence-electron chi connectivity index (χ3n) is 4.36. The fourth-order valence-corrected chi connectivity index (χ4v) is 2.81. The molecular weight excluding hydrogens is 430 g/mol. The monoisotopic (exact) mass is 463 g/mol. The van der Waals surface area contributed by atoms with E-state index in [1.54, 1.807) is 13.8 Å². The van der Waals surface area contributed by atoms with Crippen molar-refractivity contribution in [2.45, 2.75) is 63.7 Å². The quantitative estimate of drug-likeness (QED) is 0.0998. The summed E-state index contributed by atoms with van der Waals surface area (Å²) < 4.78 is 0. The third kappa shape index (κ3) is 11.0. The summed E-state index contributed by atoms with van der Waals surface area (Å²) in [6.07, 6.45) is 0.659. The first kappa shape index (κ1) is 28.6. The fraction of sp³-hybridized carbons (Fsp3) is 0.722. The SMILES string of the molecule is CC(C)C(NC(=O)C(CCCCN)NC(=O)C(CS)NC(=O)C(N)CC(=O)O)C(=O)O. The number of carboxylic acid groups (broad SMARTS) is 2. The molecule has 178 valence electrons. The molecule has 0 saturated carbocycles. The van der Waals surface area contributed by atoms with Crippen LogP contribution in [0, 0.1) is 5.92 Å². The van der Waals surface area contributed by atoms with Gasteiger partial charge in [0, 0.05) is 5.75 Å². The summed E-state index contributed by atoms with van der Waals surface area (Å²) in [7, 11) is 0. The van der Waals surface area contributed by atoms with Crippen LogP contribution in [0.25, 0.3) is 0 Å². The zero-order chi connectivity index (χ0) is 24.1. The van der Waals surface area contributed by atoms with Gasteiger partial charge in [0.2, 0.25) is 17.7 Å². The van der Waals surface area contributed by atoms with Gasteiger partial charge >= 0.3 is 11.9 Å². The molecule has 0 heterocycles. The molecule has 0 bridgehead atoms. The van der Waals surface area contributed by atoms with Gasteiger partial charge in [-0.25, -0.2) is 4.79 Å². The van der Waals surface area contributed by atoms with E-state index < -0.39 is 60.2 Å². The second-order valence-electron chi connectivity index (χ2n) is 7.36. The average molecular weight is 464 g/mol. The number of hydrogen-bond acceptors (Lipinski definition) is 8. The molecular formula is C18H33N5O7S. The lowest BCUT2D eigenvalue weighted by Crippen LogP contribution is -2.58. The van der Waals surface area contributed by atoms with Crippen molar-refractivity contribution in [1.82, 2.24) is 16.0 Å². The van der Waals surface area contributed by atoms with E-state index in [0.29, 0.717) is 19.4 Å². The summed E-state index contributed by atoms with van der Waals surface area (Å²) in [6.45, 7) is 3.64. The molecule has 31 heavy (non-hydrogen) atoms. The van der Waals surface area contributed by atoms with Crippen LogP contribution in [0.5, 0.6) is 0 Å². The molecule has 9 N–H and O–H groups in total. The Bertz CT molecular complexity index is 647. The second kappa shape index (κ2) is 14.6. The second-order valence-corrected chi connectivity index (χ2v) is 7.73. The summed E-state index contributed by atoms with van der Waals surface area (Å²) in [5.41, 5.74) is 10.9. The van der Waals surface area contributed by atoms with Crippen molar-refractivity contribution in [3.05, 3.63) is 0 Å². The number of thiol groups is 1. The summed E-state index contributed by atoms with van der Waals surface area (Å²) in [5.74, 6) is -5.28. The summed E-state index contributed by atoms with van der Waals surface area (Å²) in [5, 5.41) is 25.2. The van der Waals surface area contributed by atoms with Crippen LogP contribution in [0.2, 0.25) is 0 Å². The Morgan fingerprint density at radius 3 is 1.90 bits per heavy atom. The summed E-state index contributed by atoms with van der Waals surface area (Å²) in [4.78, 5) is 59.3. The van der Waals surface area contributed by atoms with E-state index in [1.165, 1.54) is 0 Å². The van der Waals surface area contributed by atoms with Crippen molar-refractivity contribution in [2.24, 2.45) is 17.4 Å². The maximum atomic E-state index is 12.6. The van der Waals surface area contributed by atoms with Gasteiger partial charge in [-0.15, -0.1) is 0 Å². The smallest absolute Gasteiger partial charge is 0.326 e. The lowest BCUT2D eigenvalue weighted by atomic mass is 10.0. The maximum absolute atomic E-state index is 12.6. The number of carbonyl (C=O) groups is 5. The van der Waals surface area contributed by atoms with E-state index in [0.717, 1.165) is 0 Å². The Kier molecular flexibility index (Phi) is 13.5. The molecule has 0 rings (SSSR count). The zero-order valence-electron chi connectivity index (χ0n) is 17.7. The first-order valence-electron chi connectivity index (χ1n) is 9.86. The first-order chi connectivity index (χ1) is 14.4. The summed E-state index contributed by atoms with van der Waals surface area (Å²) in [6, 6.07) is -4.75. The number of rotatable bonds is 15. The molecule has 3 amide bonds. The summed E-state index contributed by atoms with van der Waals surface area (Å²) >= 11 is 4.01. The molecule has 0 aliphatic heterocycles. The Balaban J connectivity index is 5.26. The van der Waals surface area contributed by atoms with Crippen LogP contribution in [-0.4, -0.2) is 76.3 Å². The molecule has 0 radical (unpaired) electrons. The van der Waals surface area contributed by atoms with E-state index in [9.17, 15) is 29.1 Å². The number of amides is 3. The van der Waals surface area contributed by atoms with Crippen molar-refractivity contribution >= 4 is 42.3 Å². The van der Waals surface area contributed by atoms with Gasteiger partial charge in [-0.3, -0.25) is 19.2 Å². The van der Waals surface area contributed by atoms with Crippen LogP contribution in [-0.2, 0) is 24.0 Å². The fourth-order valence-electron chi connectivity index (χ4n) is 2.56.